The molecule has 4 saturated heterocycles. The zero-order valence-corrected chi connectivity index (χ0v) is 46.7. The van der Waals surface area contributed by atoms with E-state index >= 15 is 0 Å². The number of rotatable bonds is 19. The molecule has 18 heteroatoms. The Bertz CT molecular complexity index is 2160. The van der Waals surface area contributed by atoms with Crippen LogP contribution in [0.25, 0.3) is 0 Å². The number of benzene rings is 2. The minimum absolute atomic E-state index is 0.0671. The lowest BCUT2D eigenvalue weighted by atomic mass is 9.83. The van der Waals surface area contributed by atoms with E-state index in [-0.39, 0.29) is 70.8 Å². The highest BCUT2D eigenvalue weighted by Gasteiger charge is 2.57. The fourth-order valence-electron chi connectivity index (χ4n) is 11.8. The van der Waals surface area contributed by atoms with Crippen molar-refractivity contribution in [3.8, 4) is 0 Å². The van der Waals surface area contributed by atoms with Crippen LogP contribution >= 0.6 is 48.0 Å². The summed E-state index contributed by atoms with van der Waals surface area (Å²) in [4.78, 5) is 62.8. The third-order valence-corrected chi connectivity index (χ3v) is 19.5. The van der Waals surface area contributed by atoms with E-state index in [4.69, 9.17) is 33.9 Å². The number of hydrogen-bond acceptors (Lipinski definition) is 12. The van der Waals surface area contributed by atoms with Gasteiger partial charge in [-0.25, -0.2) is 0 Å². The van der Waals surface area contributed by atoms with Gasteiger partial charge in [-0.2, -0.15) is 0 Å². The van der Waals surface area contributed by atoms with Crippen molar-refractivity contribution >= 4 is 81.6 Å². The molecular formula is C54H78N8O6S4. The molecule has 2 aliphatic carbocycles. The van der Waals surface area contributed by atoms with E-state index in [2.05, 4.69) is 83.9 Å². The standard InChI is InChI=1S/C54H78N8O6S4/c1-31(55-7)49(69)57-37-21-25-71-41-29-53(3,4)45(61(41)51(37)65)47(63)59-43-35-19-13-11-17-33(35)27-39(43)67-23-15-9-10-16-24-68-40-28-34-18-12-14-20-36(34)44(40)60-48(64)46-54(5,6)30-42-62(46)52(66)38(22-26-72-42)58-50(70)32(2)56-8/h11-14,17-20,31-32,37-46,55-56H,9-10,15-16,21-30H2,1-8H3,(H,57,69)(H,58,70)(H,59,63)(H,60,64)/t31-,32-,37-,38-,39+,40+,41-,42-,43-,44-,45+,46+/m0/s1. The van der Waals surface area contributed by atoms with Gasteiger partial charge in [-0.1, -0.05) is 114 Å². The highest BCUT2D eigenvalue weighted by atomic mass is 32.2. The van der Waals surface area contributed by atoms with Crippen molar-refractivity contribution in [3.63, 3.8) is 0 Å². The molecule has 6 aliphatic rings. The van der Waals surface area contributed by atoms with E-state index in [9.17, 15) is 19.2 Å². The summed E-state index contributed by atoms with van der Waals surface area (Å²) in [6.45, 7) is 13.5. The third kappa shape index (κ3) is 11.9. The van der Waals surface area contributed by atoms with Crippen molar-refractivity contribution in [1.82, 2.24) is 41.7 Å². The van der Waals surface area contributed by atoms with Crippen LogP contribution in [0.1, 0.15) is 127 Å². The highest BCUT2D eigenvalue weighted by Crippen LogP contribution is 2.48. The largest absolute Gasteiger partial charge is 0.375 e. The molecule has 12 atom stereocenters. The Morgan fingerprint density at radius 3 is 1.42 bits per heavy atom. The van der Waals surface area contributed by atoms with Gasteiger partial charge in [0.15, 0.2) is 0 Å². The van der Waals surface area contributed by atoms with Crippen LogP contribution in [-0.4, -0.2) is 141 Å². The fourth-order valence-corrected chi connectivity index (χ4v) is 15.5. The van der Waals surface area contributed by atoms with Gasteiger partial charge in [-0.3, -0.25) is 19.2 Å². The van der Waals surface area contributed by atoms with Crippen LogP contribution in [0, 0.1) is 10.8 Å². The number of carbonyl (C=O) groups is 4. The van der Waals surface area contributed by atoms with Crippen LogP contribution in [0.15, 0.2) is 48.5 Å². The highest BCUT2D eigenvalue weighted by molar-refractivity contribution is 8.00. The van der Waals surface area contributed by atoms with Crippen LogP contribution in [0.3, 0.4) is 0 Å². The Labute approximate surface area is 446 Å². The topological polar surface area (TPSA) is 165 Å². The van der Waals surface area contributed by atoms with Crippen LogP contribution in [0.5, 0.6) is 0 Å². The molecule has 0 bridgehead atoms. The van der Waals surface area contributed by atoms with Crippen molar-refractivity contribution < 1.29 is 28.7 Å². The third-order valence-electron chi connectivity index (χ3n) is 16.0. The molecule has 6 N–H and O–H groups in total. The number of thiocarbonyl (C=S) groups is 2. The van der Waals surface area contributed by atoms with Crippen molar-refractivity contribution in [3.05, 3.63) is 70.8 Å². The number of amides is 4. The predicted molar refractivity (Wildman–Crippen MR) is 296 cm³/mol. The number of carbonyl (C=O) groups excluding carboxylic acids is 4. The van der Waals surface area contributed by atoms with Gasteiger partial charge >= 0.3 is 0 Å². The predicted octanol–water partition coefficient (Wildman–Crippen LogP) is 6.11. The SMILES string of the molecule is CN[C@@H](C)C(=S)N[C@H]1CCS[C@H]2CC(C)(C)[C@@H](C(=O)N[C@H]3c4ccccc4C[C@H]3OCCCCCCO[C@@H]3Cc4ccccc4[C@@H]3NC(=O)[C@H]3N4C(=O)[C@@H](NC(=S)[C@H](C)NC)CCS[C@H]4CC3(C)C)N2C1=O. The molecule has 2 aromatic carbocycles. The number of hydrogen-bond donors (Lipinski definition) is 6. The van der Waals surface area contributed by atoms with E-state index in [1.54, 1.807) is 23.5 Å². The summed E-state index contributed by atoms with van der Waals surface area (Å²) in [5, 5.41) is 19.6. The molecule has 2 aromatic rings. The molecule has 4 fully saturated rings. The van der Waals surface area contributed by atoms with Gasteiger partial charge in [-0.15, -0.1) is 23.5 Å². The number of ether oxygens (including phenoxy) is 2. The van der Waals surface area contributed by atoms with Crippen LogP contribution in [0.2, 0.25) is 0 Å². The van der Waals surface area contributed by atoms with Crippen molar-refractivity contribution in [2.24, 2.45) is 10.8 Å². The van der Waals surface area contributed by atoms with Crippen LogP contribution < -0.4 is 31.9 Å². The molecule has 4 aliphatic heterocycles. The Morgan fingerprint density at radius 1 is 0.639 bits per heavy atom. The summed E-state index contributed by atoms with van der Waals surface area (Å²) in [6.07, 6.45) is 7.35. The maximum Gasteiger partial charge on any atom is 0.246 e. The van der Waals surface area contributed by atoms with Gasteiger partial charge in [0.2, 0.25) is 23.6 Å². The summed E-state index contributed by atoms with van der Waals surface area (Å²) in [5.74, 6) is 1.18. The quantitative estimate of drug-likeness (QED) is 0.0706. The molecule has 0 aromatic heterocycles. The summed E-state index contributed by atoms with van der Waals surface area (Å²) in [7, 11) is 3.69. The van der Waals surface area contributed by atoms with E-state index in [1.807, 2.05) is 62.0 Å². The molecule has 394 valence electrons. The molecule has 0 spiro atoms. The zero-order valence-electron chi connectivity index (χ0n) is 43.4. The monoisotopic (exact) mass is 1060 g/mol. The second-order valence-corrected chi connectivity index (χ2v) is 25.5. The van der Waals surface area contributed by atoms with Crippen LogP contribution in [-0.2, 0) is 41.5 Å². The fraction of sp³-hybridized carbons (Fsp3) is 0.667. The van der Waals surface area contributed by atoms with Gasteiger partial charge in [0.25, 0.3) is 0 Å². The number of thioether (sulfide) groups is 2. The Kier molecular flexibility index (Phi) is 18.0. The molecule has 4 heterocycles. The first-order valence-corrected chi connectivity index (χ1v) is 29.2. The molecule has 14 nitrogen and oxygen atoms in total. The smallest absolute Gasteiger partial charge is 0.246 e. The van der Waals surface area contributed by atoms with Gasteiger partial charge in [-0.05, 0) is 111 Å². The van der Waals surface area contributed by atoms with E-state index in [0.29, 0.717) is 48.9 Å². The molecule has 0 radical (unpaired) electrons. The molecule has 0 saturated carbocycles. The van der Waals surface area contributed by atoms with Gasteiger partial charge < -0.3 is 51.2 Å². The Morgan fingerprint density at radius 2 is 1.03 bits per heavy atom. The summed E-state index contributed by atoms with van der Waals surface area (Å²) in [6, 6.07) is 13.4. The Balaban J connectivity index is 0.836. The number of likely N-dealkylation sites (N-methyl/N-ethyl adjacent to an activating group) is 2. The molecule has 0 unspecified atom stereocenters. The van der Waals surface area contributed by atoms with Crippen molar-refractivity contribution in [2.75, 3.05) is 38.8 Å². The number of fused-ring (bicyclic) bond motifs is 4. The van der Waals surface area contributed by atoms with Gasteiger partial charge in [0.05, 0.1) is 57.1 Å². The summed E-state index contributed by atoms with van der Waals surface area (Å²) >= 11 is 14.8. The van der Waals surface area contributed by atoms with Crippen molar-refractivity contribution in [2.45, 2.75) is 177 Å². The van der Waals surface area contributed by atoms with Crippen LogP contribution in [0.4, 0.5) is 0 Å². The maximum atomic E-state index is 14.6. The first kappa shape index (κ1) is 54.9. The summed E-state index contributed by atoms with van der Waals surface area (Å²) < 4.78 is 13.3. The van der Waals surface area contributed by atoms with E-state index in [1.165, 1.54) is 11.1 Å². The van der Waals surface area contributed by atoms with Gasteiger partial charge in [0.1, 0.15) is 24.2 Å². The lowest BCUT2D eigenvalue weighted by molar-refractivity contribution is -0.143. The number of nitrogens with one attached hydrogen (secondary N) is 6. The lowest BCUT2D eigenvalue weighted by Crippen LogP contribution is -2.58. The van der Waals surface area contributed by atoms with E-state index in [0.717, 1.165) is 61.2 Å². The zero-order chi connectivity index (χ0) is 51.5. The normalized spacial score (nSPS) is 30.0. The first-order valence-electron chi connectivity index (χ1n) is 26.3. The molecule has 72 heavy (non-hydrogen) atoms. The second kappa shape index (κ2) is 23.7. The minimum Gasteiger partial charge on any atom is -0.375 e. The number of unbranched alkanes of at least 4 members (excludes halogenated alkanes) is 3. The average Bonchev–Trinajstić information content (AvgIpc) is 3.99. The molecule has 8 rings (SSSR count). The summed E-state index contributed by atoms with van der Waals surface area (Å²) in [5.41, 5.74) is 3.61. The number of nitrogens with zero attached hydrogens (tertiary/aromatic N) is 2. The average molecular weight is 1060 g/mol. The van der Waals surface area contributed by atoms with E-state index < -0.39 is 35.0 Å². The second-order valence-electron chi connectivity index (χ2n) is 22.1. The maximum absolute atomic E-state index is 14.6. The molecular weight excluding hydrogens is 985 g/mol. The Hall–Kier alpha value is -3.36. The molecule has 4 amide bonds. The van der Waals surface area contributed by atoms with Crippen molar-refractivity contribution in [1.29, 1.82) is 0 Å². The lowest BCUT2D eigenvalue weighted by Gasteiger charge is -2.35. The minimum atomic E-state index is -0.634. The first-order chi connectivity index (χ1) is 34.4. The van der Waals surface area contributed by atoms with Gasteiger partial charge in [0, 0.05) is 26.1 Å².